The first-order chi connectivity index (χ1) is 30.6. The Hall–Kier alpha value is -6.78. The number of methoxy groups -OCH3 is 1. The number of nitrogens with one attached hydrogen (secondary N) is 5. The number of pyridine rings is 1. The number of imidazole rings is 2. The number of carbonyl (C=O) groups excluding carboxylic acids is 3. The molecule has 6 aromatic rings. The Morgan fingerprint density at radius 2 is 1.63 bits per heavy atom. The number of aromatic amines is 2. The summed E-state index contributed by atoms with van der Waals surface area (Å²) < 4.78 is 19.5. The number of likely N-dealkylation sites (N-methyl/N-ethyl adjacent to an activating group) is 2. The average molecular weight is 862 g/mol. The van der Waals surface area contributed by atoms with Gasteiger partial charge in [0.2, 0.25) is 11.8 Å². The van der Waals surface area contributed by atoms with Crippen LogP contribution in [0.2, 0.25) is 0 Å². The van der Waals surface area contributed by atoms with Gasteiger partial charge in [-0.05, 0) is 80.9 Å². The molecule has 1 fully saturated rings. The fourth-order valence-electron chi connectivity index (χ4n) is 7.70. The lowest BCUT2D eigenvalue weighted by molar-refractivity contribution is -0.135. The maximum Gasteiger partial charge on any atom is 0.292 e. The van der Waals surface area contributed by atoms with Crippen molar-refractivity contribution < 1.29 is 33.4 Å². The molecule has 4 heterocycles. The second-order valence-electron chi connectivity index (χ2n) is 15.3. The number of amides is 2. The SMILES string of the molecule is CNC(C(=O)NCCCCc1ncc(-c2ccc3cc(-c4ccc(-c5cnc(C6CCCN6C(=O)C(NC)C(C)C)[nH]5)c(F)c4)ncc3c2)[nH]1)c1ccccc1.COC=O.O=CO. The average Bonchev–Trinajstić information content (AvgIpc) is 4.09. The number of carbonyl (C=O) groups is 4. The second-order valence-corrected chi connectivity index (χ2v) is 15.3. The molecular formula is C47H56FN9O6. The van der Waals surface area contributed by atoms with Gasteiger partial charge in [0.05, 0.1) is 48.7 Å². The number of aryl methyl sites for hydroxylation is 1. The number of halogens is 1. The number of carboxylic acid groups (broad SMARTS) is 1. The van der Waals surface area contributed by atoms with Gasteiger partial charge >= 0.3 is 0 Å². The van der Waals surface area contributed by atoms with Crippen molar-refractivity contribution in [3.05, 3.63) is 114 Å². The molecule has 6 N–H and O–H groups in total. The number of rotatable bonds is 16. The summed E-state index contributed by atoms with van der Waals surface area (Å²) in [5.41, 5.74) is 5.19. The smallest absolute Gasteiger partial charge is 0.292 e. The van der Waals surface area contributed by atoms with Crippen LogP contribution in [0.4, 0.5) is 4.39 Å². The molecule has 16 heteroatoms. The van der Waals surface area contributed by atoms with E-state index in [0.29, 0.717) is 47.9 Å². The van der Waals surface area contributed by atoms with Gasteiger partial charge in [-0.2, -0.15) is 0 Å². The van der Waals surface area contributed by atoms with E-state index in [1.807, 2.05) is 92.8 Å². The van der Waals surface area contributed by atoms with E-state index in [1.165, 1.54) is 13.2 Å². The summed E-state index contributed by atoms with van der Waals surface area (Å²) in [5, 5.41) is 18.1. The maximum atomic E-state index is 15.7. The number of fused-ring (bicyclic) bond motifs is 1. The summed E-state index contributed by atoms with van der Waals surface area (Å²) in [6.45, 7) is 5.47. The normalized spacial score (nSPS) is 14.2. The molecule has 0 bridgehead atoms. The summed E-state index contributed by atoms with van der Waals surface area (Å²) in [5.74, 6) is 1.39. The van der Waals surface area contributed by atoms with Gasteiger partial charge in [0.1, 0.15) is 23.5 Å². The van der Waals surface area contributed by atoms with E-state index in [-0.39, 0.29) is 48.1 Å². The highest BCUT2D eigenvalue weighted by atomic mass is 19.1. The van der Waals surface area contributed by atoms with Gasteiger partial charge in [-0.1, -0.05) is 62.4 Å². The highest BCUT2D eigenvalue weighted by Gasteiger charge is 2.36. The Bertz CT molecular complexity index is 2420. The third kappa shape index (κ3) is 12.2. The minimum Gasteiger partial charge on any atom is -0.483 e. The van der Waals surface area contributed by atoms with E-state index in [0.717, 1.165) is 65.5 Å². The third-order valence-electron chi connectivity index (χ3n) is 10.8. The topological polar surface area (TPSA) is 207 Å². The van der Waals surface area contributed by atoms with Crippen LogP contribution in [0.15, 0.2) is 91.4 Å². The molecule has 63 heavy (non-hydrogen) atoms. The highest BCUT2D eigenvalue weighted by molar-refractivity contribution is 5.89. The number of hydrogen-bond donors (Lipinski definition) is 6. The molecule has 0 radical (unpaired) electrons. The molecular weight excluding hydrogens is 806 g/mol. The van der Waals surface area contributed by atoms with Crippen LogP contribution in [0.1, 0.15) is 68.8 Å². The van der Waals surface area contributed by atoms with E-state index in [1.54, 1.807) is 19.3 Å². The van der Waals surface area contributed by atoms with Crippen molar-refractivity contribution in [3.63, 3.8) is 0 Å². The van der Waals surface area contributed by atoms with Crippen LogP contribution in [-0.2, 0) is 30.3 Å². The van der Waals surface area contributed by atoms with Gasteiger partial charge in [0.25, 0.3) is 12.9 Å². The number of likely N-dealkylation sites (tertiary alicyclic amines) is 1. The monoisotopic (exact) mass is 861 g/mol. The molecule has 3 unspecified atom stereocenters. The van der Waals surface area contributed by atoms with Crippen LogP contribution < -0.4 is 16.0 Å². The van der Waals surface area contributed by atoms with E-state index >= 15 is 4.39 Å². The largest absolute Gasteiger partial charge is 0.483 e. The van der Waals surface area contributed by atoms with Gasteiger partial charge in [0.15, 0.2) is 0 Å². The maximum absolute atomic E-state index is 15.7. The zero-order chi connectivity index (χ0) is 45.3. The second kappa shape index (κ2) is 23.4. The summed E-state index contributed by atoms with van der Waals surface area (Å²) in [7, 11) is 4.92. The van der Waals surface area contributed by atoms with Crippen LogP contribution in [0.25, 0.3) is 44.5 Å². The summed E-state index contributed by atoms with van der Waals surface area (Å²) in [4.78, 5) is 65.9. The van der Waals surface area contributed by atoms with Crippen LogP contribution in [0, 0.1) is 11.7 Å². The number of H-pyrrole nitrogens is 2. The van der Waals surface area contributed by atoms with Crippen LogP contribution in [-0.4, -0.2) is 100 Å². The molecule has 332 valence electrons. The number of ether oxygens (including phenoxy) is 1. The number of unbranched alkanes of at least 4 members (excludes halogenated alkanes) is 1. The Labute approximate surface area is 366 Å². The minimum atomic E-state index is -0.380. The standard InChI is InChI=1S/C44H50FN9O2.C2H4O2.CH2O2/c1-27(2)40(46-3)44(56)54-20-10-13-38(54)42-51-26-37(53-42)33-18-17-31(22-34(33)45)35-23-29-15-16-30(21-32(29)24-49-35)36-25-50-39(52-36)14-8-9-19-48-43(55)41(47-4)28-11-6-5-7-12-28;1-4-2-3;2-1-3/h5-7,11-12,15-18,21-27,38,40-41,46-47H,8-10,13-14,19-20H2,1-4H3,(H,48,55)(H,50,52)(H,51,53);2H,1H3;1H,(H,2,3). The molecule has 0 saturated carbocycles. The zero-order valence-corrected chi connectivity index (χ0v) is 36.2. The van der Waals surface area contributed by atoms with Gasteiger partial charge < -0.3 is 40.7 Å². The summed E-state index contributed by atoms with van der Waals surface area (Å²) in [6.07, 6.45) is 9.51. The molecule has 1 saturated heterocycles. The molecule has 2 amide bonds. The lowest BCUT2D eigenvalue weighted by Crippen LogP contribution is -2.47. The van der Waals surface area contributed by atoms with E-state index < -0.39 is 0 Å². The zero-order valence-electron chi connectivity index (χ0n) is 36.2. The van der Waals surface area contributed by atoms with E-state index in [2.05, 4.69) is 51.7 Å². The lowest BCUT2D eigenvalue weighted by atomic mass is 10.0. The minimum absolute atomic E-state index is 0.0335. The first-order valence-electron chi connectivity index (χ1n) is 20.9. The quantitative estimate of drug-likeness (QED) is 0.0451. The van der Waals surface area contributed by atoms with Gasteiger partial charge in [-0.15, -0.1) is 0 Å². The molecule has 0 aliphatic carbocycles. The van der Waals surface area contributed by atoms with Crippen molar-refractivity contribution in [2.24, 2.45) is 5.92 Å². The predicted molar refractivity (Wildman–Crippen MR) is 240 cm³/mol. The summed E-state index contributed by atoms with van der Waals surface area (Å²) >= 11 is 0. The van der Waals surface area contributed by atoms with Crippen molar-refractivity contribution in [1.29, 1.82) is 0 Å². The molecule has 3 aromatic heterocycles. The van der Waals surface area contributed by atoms with Crippen molar-refractivity contribution in [2.45, 2.75) is 64.1 Å². The van der Waals surface area contributed by atoms with Crippen LogP contribution in [0.3, 0.4) is 0 Å². The first kappa shape index (κ1) is 47.3. The first-order valence-corrected chi connectivity index (χ1v) is 20.9. The molecule has 3 atom stereocenters. The Morgan fingerprint density at radius 3 is 2.32 bits per heavy atom. The number of aromatic nitrogens is 5. The van der Waals surface area contributed by atoms with Crippen molar-refractivity contribution >= 4 is 35.5 Å². The predicted octanol–water partition coefficient (Wildman–Crippen LogP) is 6.62. The van der Waals surface area contributed by atoms with Crippen LogP contribution >= 0.6 is 0 Å². The van der Waals surface area contributed by atoms with E-state index in [4.69, 9.17) is 14.7 Å². The molecule has 1 aliphatic heterocycles. The van der Waals surface area contributed by atoms with Gasteiger partial charge in [-0.3, -0.25) is 24.2 Å². The molecule has 7 rings (SSSR count). The van der Waals surface area contributed by atoms with Gasteiger partial charge in [-0.25, -0.2) is 14.4 Å². The fraction of sp³-hybridized carbons (Fsp3) is 0.340. The molecule has 3 aromatic carbocycles. The number of nitrogens with zero attached hydrogens (tertiary/aromatic N) is 4. The molecule has 15 nitrogen and oxygen atoms in total. The highest BCUT2D eigenvalue weighted by Crippen LogP contribution is 2.34. The number of benzene rings is 3. The fourth-order valence-corrected chi connectivity index (χ4v) is 7.70. The Balaban J connectivity index is 0.000000998. The van der Waals surface area contributed by atoms with Crippen molar-refractivity contribution in [1.82, 2.24) is 45.8 Å². The van der Waals surface area contributed by atoms with E-state index in [9.17, 15) is 9.59 Å². The molecule has 0 spiro atoms. The van der Waals surface area contributed by atoms with Gasteiger partial charge in [0, 0.05) is 47.8 Å². The van der Waals surface area contributed by atoms with Crippen molar-refractivity contribution in [2.75, 3.05) is 34.3 Å². The Kier molecular flexibility index (Phi) is 17.6. The Morgan fingerprint density at radius 1 is 0.905 bits per heavy atom. The van der Waals surface area contributed by atoms with Crippen molar-refractivity contribution in [3.8, 4) is 33.8 Å². The summed E-state index contributed by atoms with van der Waals surface area (Å²) in [6, 6.07) is 22.2. The third-order valence-corrected chi connectivity index (χ3v) is 10.8. The lowest BCUT2D eigenvalue weighted by Gasteiger charge is -2.29. The molecule has 1 aliphatic rings. The van der Waals surface area contributed by atoms with Crippen LogP contribution in [0.5, 0.6) is 0 Å². The number of hydrogen-bond acceptors (Lipinski definition) is 10.